The zero-order valence-electron chi connectivity index (χ0n) is 14.7. The number of carbonyl (C=O) groups excluding carboxylic acids is 1. The van der Waals surface area contributed by atoms with E-state index in [1.165, 1.54) is 5.57 Å². The maximum Gasteiger partial charge on any atom is 0.339 e. The van der Waals surface area contributed by atoms with E-state index in [1.807, 2.05) is 24.3 Å². The van der Waals surface area contributed by atoms with E-state index >= 15 is 0 Å². The molecule has 1 aliphatic heterocycles. The third-order valence-corrected chi connectivity index (χ3v) is 5.54. The Morgan fingerprint density at radius 3 is 2.79 bits per heavy atom. The highest BCUT2D eigenvalue weighted by Gasteiger charge is 2.35. The molecule has 1 N–H and O–H groups in total. The molecule has 1 aliphatic carbocycles. The van der Waals surface area contributed by atoms with Crippen LogP contribution in [-0.2, 0) is 9.53 Å². The lowest BCUT2D eigenvalue weighted by atomic mass is 9.96. The van der Waals surface area contributed by atoms with E-state index in [-0.39, 0.29) is 0 Å². The van der Waals surface area contributed by atoms with Crippen molar-refractivity contribution >= 4 is 11.5 Å². The van der Waals surface area contributed by atoms with Gasteiger partial charge in [-0.1, -0.05) is 30.3 Å². The molecule has 3 rings (SSSR count). The van der Waals surface area contributed by atoms with E-state index in [1.54, 1.807) is 0 Å². The molecule has 1 aromatic rings. The van der Waals surface area contributed by atoms with Gasteiger partial charge in [0.05, 0.1) is 20.6 Å². The first kappa shape index (κ1) is 17.2. The molecule has 0 spiro atoms. The molecule has 130 valence electrons. The average Bonchev–Trinajstić information content (AvgIpc) is 3.21. The molecule has 1 fully saturated rings. The summed E-state index contributed by atoms with van der Waals surface area (Å²) in [5, 5.41) is 10.5. The number of hydrogen-bond donors (Lipinski definition) is 1. The molecule has 2 atom stereocenters. The van der Waals surface area contributed by atoms with Crippen molar-refractivity contribution in [2.24, 2.45) is 0 Å². The molecule has 0 amide bonds. The number of nitrogens with zero attached hydrogens (tertiary/aromatic N) is 1. The van der Waals surface area contributed by atoms with Crippen molar-refractivity contribution in [3.05, 3.63) is 41.5 Å². The number of quaternary nitrogens is 1. The summed E-state index contributed by atoms with van der Waals surface area (Å²) in [6.45, 7) is 1.50. The third kappa shape index (κ3) is 3.55. The summed E-state index contributed by atoms with van der Waals surface area (Å²) < 4.78 is 6.35. The van der Waals surface area contributed by atoms with Crippen molar-refractivity contribution in [3.63, 3.8) is 0 Å². The molecule has 0 saturated carbocycles. The fourth-order valence-corrected chi connectivity index (χ4v) is 3.88. The zero-order chi connectivity index (χ0) is 17.2. The van der Waals surface area contributed by atoms with E-state index in [0.717, 1.165) is 48.7 Å². The number of likely N-dealkylation sites (N-methyl/N-ethyl adjacent to an activating group) is 1. The number of ether oxygens (including phenoxy) is 1. The zero-order valence-corrected chi connectivity index (χ0v) is 14.7. The Bertz CT molecular complexity index is 636. The van der Waals surface area contributed by atoms with Crippen molar-refractivity contribution in [1.82, 2.24) is 0 Å². The lowest BCUT2D eigenvalue weighted by Gasteiger charge is -2.31. The Labute approximate surface area is 144 Å². The molecule has 4 nitrogen and oxygen atoms in total. The van der Waals surface area contributed by atoms with Crippen LogP contribution in [0.4, 0.5) is 0 Å². The van der Waals surface area contributed by atoms with Gasteiger partial charge in [-0.25, -0.2) is 4.79 Å². The number of hydrogen-bond acceptors (Lipinski definition) is 3. The van der Waals surface area contributed by atoms with Crippen LogP contribution in [0.15, 0.2) is 30.3 Å². The number of aliphatic hydroxyl groups is 1. The van der Waals surface area contributed by atoms with Gasteiger partial charge in [0, 0.05) is 12.8 Å². The molecule has 24 heavy (non-hydrogen) atoms. The predicted molar refractivity (Wildman–Crippen MR) is 94.2 cm³/mol. The molecule has 1 aromatic carbocycles. The Balaban J connectivity index is 1.68. The van der Waals surface area contributed by atoms with Gasteiger partial charge in [0.2, 0.25) is 0 Å². The SMILES string of the molecule is C[N+]1(C)CCC[C@H]1COC(=O)[C@@H](O)c1ccccc1C1=CCCC1. The fourth-order valence-electron chi connectivity index (χ4n) is 3.88. The first-order valence-corrected chi connectivity index (χ1v) is 8.95. The predicted octanol–water partition coefficient (Wildman–Crippen LogP) is 3.07. The molecule has 1 saturated heterocycles. The summed E-state index contributed by atoms with van der Waals surface area (Å²) in [5.74, 6) is -0.534. The molecule has 0 aromatic heterocycles. The van der Waals surface area contributed by atoms with Crippen molar-refractivity contribution in [3.8, 4) is 0 Å². The molecule has 4 heteroatoms. The summed E-state index contributed by atoms with van der Waals surface area (Å²) in [6.07, 6.45) is 6.44. The Morgan fingerprint density at radius 1 is 1.33 bits per heavy atom. The molecule has 0 unspecified atom stereocenters. The van der Waals surface area contributed by atoms with E-state index < -0.39 is 12.1 Å². The average molecular weight is 330 g/mol. The quantitative estimate of drug-likeness (QED) is 0.667. The van der Waals surface area contributed by atoms with Crippen LogP contribution in [0.1, 0.15) is 49.3 Å². The van der Waals surface area contributed by atoms with E-state index in [2.05, 4.69) is 20.2 Å². The van der Waals surface area contributed by atoms with Crippen LogP contribution >= 0.6 is 0 Å². The van der Waals surface area contributed by atoms with E-state index in [4.69, 9.17) is 4.74 Å². The van der Waals surface area contributed by atoms with Crippen LogP contribution < -0.4 is 0 Å². The van der Waals surface area contributed by atoms with Gasteiger partial charge in [0.25, 0.3) is 0 Å². The van der Waals surface area contributed by atoms with Crippen LogP contribution in [0.3, 0.4) is 0 Å². The maximum absolute atomic E-state index is 12.4. The largest absolute Gasteiger partial charge is 0.457 e. The number of carbonyl (C=O) groups is 1. The summed E-state index contributed by atoms with van der Waals surface area (Å²) in [5.41, 5.74) is 2.87. The highest BCUT2D eigenvalue weighted by Crippen LogP contribution is 2.33. The maximum atomic E-state index is 12.4. The fraction of sp³-hybridized carbons (Fsp3) is 0.550. The monoisotopic (exact) mass is 330 g/mol. The van der Waals surface area contributed by atoms with Crippen LogP contribution in [-0.4, -0.2) is 48.8 Å². The van der Waals surface area contributed by atoms with Gasteiger partial charge in [-0.2, -0.15) is 0 Å². The van der Waals surface area contributed by atoms with Gasteiger partial charge in [0.15, 0.2) is 6.10 Å². The number of allylic oxidation sites excluding steroid dienone is 2. The summed E-state index contributed by atoms with van der Waals surface area (Å²) in [7, 11) is 4.34. The third-order valence-electron chi connectivity index (χ3n) is 5.54. The van der Waals surface area contributed by atoms with Gasteiger partial charge in [-0.05, 0) is 36.0 Å². The summed E-state index contributed by atoms with van der Waals surface area (Å²) in [6, 6.07) is 7.96. The highest BCUT2D eigenvalue weighted by molar-refractivity contribution is 5.80. The highest BCUT2D eigenvalue weighted by atomic mass is 16.5. The first-order valence-electron chi connectivity index (χ1n) is 8.95. The van der Waals surface area contributed by atoms with Crippen LogP contribution in [0.25, 0.3) is 5.57 Å². The van der Waals surface area contributed by atoms with Crippen LogP contribution in [0.5, 0.6) is 0 Å². The second-order valence-electron chi connectivity index (χ2n) is 7.54. The normalized spacial score (nSPS) is 23.8. The van der Waals surface area contributed by atoms with Crippen molar-refractivity contribution in [2.75, 3.05) is 27.2 Å². The van der Waals surface area contributed by atoms with Gasteiger partial charge < -0.3 is 14.3 Å². The molecule has 2 aliphatic rings. The minimum Gasteiger partial charge on any atom is -0.457 e. The van der Waals surface area contributed by atoms with Gasteiger partial charge >= 0.3 is 5.97 Å². The van der Waals surface area contributed by atoms with E-state index in [9.17, 15) is 9.90 Å². The van der Waals surface area contributed by atoms with Gasteiger partial charge in [-0.15, -0.1) is 0 Å². The Hall–Kier alpha value is -1.65. The second-order valence-corrected chi connectivity index (χ2v) is 7.54. The minimum atomic E-state index is -1.21. The van der Waals surface area contributed by atoms with Crippen LogP contribution in [0.2, 0.25) is 0 Å². The Kier molecular flexibility index (Phi) is 5.07. The molecule has 0 bridgehead atoms. The number of benzene rings is 1. The van der Waals surface area contributed by atoms with Crippen molar-refractivity contribution in [1.29, 1.82) is 0 Å². The summed E-state index contributed by atoms with van der Waals surface area (Å²) in [4.78, 5) is 12.4. The Morgan fingerprint density at radius 2 is 2.12 bits per heavy atom. The lowest BCUT2D eigenvalue weighted by Crippen LogP contribution is -2.46. The van der Waals surface area contributed by atoms with Gasteiger partial charge in [-0.3, -0.25) is 0 Å². The number of aliphatic hydroxyl groups excluding tert-OH is 1. The van der Waals surface area contributed by atoms with Gasteiger partial charge in [0.1, 0.15) is 12.6 Å². The molecular formula is C20H28NO3+. The number of esters is 1. The smallest absolute Gasteiger partial charge is 0.339 e. The van der Waals surface area contributed by atoms with Crippen molar-refractivity contribution < 1.29 is 19.1 Å². The lowest BCUT2D eigenvalue weighted by molar-refractivity contribution is -0.902. The van der Waals surface area contributed by atoms with Crippen LogP contribution in [0, 0.1) is 0 Å². The molecule has 1 heterocycles. The molecular weight excluding hydrogens is 302 g/mol. The van der Waals surface area contributed by atoms with E-state index in [0.29, 0.717) is 18.2 Å². The summed E-state index contributed by atoms with van der Waals surface area (Å²) >= 11 is 0. The van der Waals surface area contributed by atoms with Crippen molar-refractivity contribution in [2.45, 2.75) is 44.2 Å². The standard InChI is InChI=1S/C20H28NO3/c1-21(2)13-7-10-16(21)14-24-20(23)19(22)18-12-6-5-11-17(18)15-8-3-4-9-15/h5-6,8,11-12,16,19,22H,3-4,7,9-10,13-14H2,1-2H3/q+1/t16-,19-/m0/s1. The molecule has 0 radical (unpaired) electrons. The minimum absolute atomic E-state index is 0.328. The topological polar surface area (TPSA) is 46.5 Å². The number of likely N-dealkylation sites (tertiary alicyclic amines) is 1. The second kappa shape index (κ2) is 7.08. The number of rotatable bonds is 5. The first-order chi connectivity index (χ1) is 11.5.